The molecule has 0 spiro atoms. The summed E-state index contributed by atoms with van der Waals surface area (Å²) in [4.78, 5) is 50.0. The Bertz CT molecular complexity index is 706. The first-order chi connectivity index (χ1) is 17.0. The number of carbonyl (C=O) groups is 2. The number of hydrogen-bond acceptors (Lipinski definition) is 11. The summed E-state index contributed by atoms with van der Waals surface area (Å²) in [6.45, 7) is -2.28. The largest absolute Gasteiger partial charge is 4.00 e. The third-order valence-electron chi connectivity index (χ3n) is 2.27. The van der Waals surface area contributed by atoms with E-state index in [1.54, 1.807) is 93.6 Å². The summed E-state index contributed by atoms with van der Waals surface area (Å²) in [7, 11) is 0. The second kappa shape index (κ2) is 58.0. The number of H-pyrrole nitrogens is 5. The zero-order valence-corrected chi connectivity index (χ0v) is 28.0. The number of imidazole rings is 5. The van der Waals surface area contributed by atoms with Crippen molar-refractivity contribution in [2.24, 2.45) is 0 Å². The van der Waals surface area contributed by atoms with Gasteiger partial charge in [0.2, 0.25) is 0 Å². The number of carbonyl (C=O) groups excluding carboxylic acids is 2. The van der Waals surface area contributed by atoms with Crippen LogP contribution >= 0.6 is 0 Å². The predicted octanol–water partition coefficient (Wildman–Crippen LogP) is -4.12. The van der Waals surface area contributed by atoms with Crippen molar-refractivity contribution in [2.75, 3.05) is 13.2 Å². The van der Waals surface area contributed by atoms with Gasteiger partial charge in [-0.1, -0.05) is 13.2 Å². The van der Waals surface area contributed by atoms with Crippen molar-refractivity contribution < 1.29 is 110 Å². The third-order valence-corrected chi connectivity index (χ3v) is 2.27. The van der Waals surface area contributed by atoms with E-state index in [9.17, 15) is 0 Å². The van der Waals surface area contributed by atoms with Gasteiger partial charge in [0.1, 0.15) is 0 Å². The van der Waals surface area contributed by atoms with Gasteiger partial charge in [-0.15, -0.1) is 0 Å². The van der Waals surface area contributed by atoms with E-state index in [4.69, 9.17) is 30.0 Å². The fourth-order valence-corrected chi connectivity index (χ4v) is 1.08. The molecule has 23 heteroatoms. The Morgan fingerprint density at radius 2 is 0.619 bits per heavy atom. The number of carboxylic acid groups (broad SMARTS) is 2. The maximum Gasteiger partial charge on any atom is 4.00 e. The van der Waals surface area contributed by atoms with Gasteiger partial charge in [-0.05, 0) is 0 Å². The molecule has 5 N–H and O–H groups in total. The van der Waals surface area contributed by atoms with Gasteiger partial charge in [0, 0.05) is 73.9 Å². The van der Waals surface area contributed by atoms with E-state index in [0.717, 1.165) is 0 Å². The van der Waals surface area contributed by atoms with Gasteiger partial charge in [-0.2, -0.15) is 0 Å². The molecule has 228 valence electrons. The van der Waals surface area contributed by atoms with Crippen LogP contribution in [0.1, 0.15) is 0 Å². The maximum absolute atomic E-state index is 8.97. The summed E-state index contributed by atoms with van der Waals surface area (Å²) in [5.41, 5.74) is 0. The number of nitrogens with zero attached hydrogens (tertiary/aromatic N) is 5. The Labute approximate surface area is 290 Å². The summed E-state index contributed by atoms with van der Waals surface area (Å²) in [6.07, 6.45) is 25.4. The summed E-state index contributed by atoms with van der Waals surface area (Å²) >= 11 is 0. The topological polar surface area (TPSA) is 355 Å². The van der Waals surface area contributed by atoms with Gasteiger partial charge >= 0.3 is 63.2 Å². The zero-order valence-electron chi connectivity index (χ0n) is 21.1. The Morgan fingerprint density at radius 3 is 0.643 bits per heavy atom. The van der Waals surface area contributed by atoms with E-state index in [0.29, 0.717) is 0 Å². The zero-order chi connectivity index (χ0) is 26.2. The summed E-state index contributed by atoms with van der Waals surface area (Å²) in [5, 5.41) is 35.8. The molecule has 5 heterocycles. The van der Waals surface area contributed by atoms with Crippen LogP contribution in [-0.2, 0) is 103 Å². The van der Waals surface area contributed by atoms with Gasteiger partial charge in [0.15, 0.2) is 0 Å². The molecule has 42 heavy (non-hydrogen) atoms. The fraction of sp³-hybridized carbons (Fsp3) is 0.105. The Hall–Kier alpha value is -2.80. The number of nitrogens with one attached hydrogen (secondary N) is 5. The molecule has 0 radical (unpaired) electrons. The minimum absolute atomic E-state index is 0. The number of aliphatic carboxylic acids is 2. The molecule has 0 saturated heterocycles. The molecule has 0 aliphatic carbocycles. The van der Waals surface area contributed by atoms with Crippen molar-refractivity contribution in [1.29, 1.82) is 0 Å². The molecule has 19 nitrogen and oxygen atoms in total. The quantitative estimate of drug-likeness (QED) is 0.106. The summed E-state index contributed by atoms with van der Waals surface area (Å²) in [6, 6.07) is 0. The first-order valence-electron chi connectivity index (χ1n) is 9.24. The molecule has 0 unspecified atom stereocenters. The molecule has 0 saturated carbocycles. The van der Waals surface area contributed by atoms with Crippen molar-refractivity contribution >= 4 is 25.4 Å². The average Bonchev–Trinajstić information content (AvgIpc) is 3.77. The molecule has 0 fully saturated rings. The minimum Gasteiger partial charge on any atom is -2.00 e. The molecule has 0 aliphatic heterocycles. The molecule has 0 atom stereocenters. The number of hydrogen-bond donors (Lipinski definition) is 5. The molecule has 0 aromatic carbocycles. The van der Waals surface area contributed by atoms with Crippen molar-refractivity contribution in [1.82, 2.24) is 49.8 Å². The van der Waals surface area contributed by atoms with E-state index in [2.05, 4.69) is 49.8 Å². The van der Waals surface area contributed by atoms with Crippen LogP contribution in [0.5, 0.6) is 0 Å². The third kappa shape index (κ3) is 71.0. The van der Waals surface area contributed by atoms with Crippen LogP contribution in [0.15, 0.2) is 93.6 Å². The molecular weight excluding hydrogens is 832 g/mol. The van der Waals surface area contributed by atoms with Crippen molar-refractivity contribution in [3.05, 3.63) is 93.6 Å². The summed E-state index contributed by atoms with van der Waals surface area (Å²) < 4.78 is 0. The standard InChI is InChI=1S/5C3H4N2.2C2H3O3.3Mo.3O.S/c5*1-2-5-3-4-1;2*3-1-2(4)5;;;;;;;/h5*1-3H,(H,4,5);2*1H2,(H,4,5);;;;;;;/q;;;;;2*-1;3*+4;4*-2/p-2. The molecule has 0 amide bonds. The molecule has 5 rings (SSSR count). The smallest absolute Gasteiger partial charge is 2.00 e. The van der Waals surface area contributed by atoms with Crippen LogP contribution in [0.25, 0.3) is 0 Å². The first kappa shape index (κ1) is 62.7. The van der Waals surface area contributed by atoms with E-state index in [-0.39, 0.29) is 93.1 Å². The molecule has 0 aliphatic rings. The van der Waals surface area contributed by atoms with Gasteiger partial charge in [0.25, 0.3) is 0 Å². The molecular formula is C19H24Mo3N10O9S. The number of aromatic nitrogens is 10. The maximum atomic E-state index is 8.97. The van der Waals surface area contributed by atoms with Gasteiger partial charge in [0.05, 0.1) is 31.6 Å². The number of aromatic amines is 5. The van der Waals surface area contributed by atoms with Crippen LogP contribution in [0.2, 0.25) is 0 Å². The number of carboxylic acids is 2. The van der Waals surface area contributed by atoms with Crippen LogP contribution in [-0.4, -0.2) is 75.0 Å². The van der Waals surface area contributed by atoms with Gasteiger partial charge in [-0.3, -0.25) is 0 Å². The van der Waals surface area contributed by atoms with E-state index < -0.39 is 25.2 Å². The van der Waals surface area contributed by atoms with Crippen molar-refractivity contribution in [2.45, 2.75) is 0 Å². The van der Waals surface area contributed by atoms with Crippen LogP contribution in [0.3, 0.4) is 0 Å². The predicted molar refractivity (Wildman–Crippen MR) is 122 cm³/mol. The van der Waals surface area contributed by atoms with Gasteiger partial charge < -0.3 is 84.9 Å². The Balaban J connectivity index is -0.0000000420. The Kier molecular flexibility index (Phi) is 86.6. The summed E-state index contributed by atoms with van der Waals surface area (Å²) in [5.74, 6) is -3.10. The van der Waals surface area contributed by atoms with Crippen molar-refractivity contribution in [3.8, 4) is 0 Å². The first-order valence-corrected chi connectivity index (χ1v) is 9.24. The normalized spacial score (nSPS) is 6.52. The van der Waals surface area contributed by atoms with Crippen LogP contribution in [0, 0.1) is 0 Å². The van der Waals surface area contributed by atoms with Crippen LogP contribution < -0.4 is 20.4 Å². The fourth-order valence-electron chi connectivity index (χ4n) is 1.08. The van der Waals surface area contributed by atoms with Gasteiger partial charge in [-0.25, -0.2) is 24.9 Å². The Morgan fingerprint density at radius 1 is 0.476 bits per heavy atom. The second-order valence-electron chi connectivity index (χ2n) is 4.84. The average molecular weight is 856 g/mol. The van der Waals surface area contributed by atoms with E-state index in [1.807, 2.05) is 0 Å². The van der Waals surface area contributed by atoms with Crippen molar-refractivity contribution in [3.63, 3.8) is 0 Å². The molecule has 5 aromatic heterocycles. The second-order valence-corrected chi connectivity index (χ2v) is 4.84. The number of rotatable bonds is 2. The SMILES string of the molecule is O=C([O-])C[O-].O=C([O-])C[O-].[Mo+4].[Mo+4].[Mo+4].[O-2].[O-2].[O-2].[S-2].c1c[nH]cn1.c1c[nH]cn1.c1c[nH]cn1.c1c[nH]cn1.c1c[nH]cn1. The van der Waals surface area contributed by atoms with Crippen LogP contribution in [0.4, 0.5) is 0 Å². The monoisotopic (exact) mass is 862 g/mol. The molecule has 5 aromatic rings. The van der Waals surface area contributed by atoms with E-state index in [1.165, 1.54) is 0 Å². The van der Waals surface area contributed by atoms with E-state index >= 15 is 0 Å². The molecule has 0 bridgehead atoms. The minimum atomic E-state index is -1.55.